The Balaban J connectivity index is 2.06. The van der Waals surface area contributed by atoms with Gasteiger partial charge in [0.2, 0.25) is 5.91 Å². The van der Waals surface area contributed by atoms with Gasteiger partial charge in [-0.15, -0.1) is 0 Å². The smallest absolute Gasteiger partial charge is 0.307 e. The predicted octanol–water partition coefficient (Wildman–Crippen LogP) is 2.19. The lowest BCUT2D eigenvalue weighted by Crippen LogP contribution is -2.33. The molecule has 1 heterocycles. The van der Waals surface area contributed by atoms with E-state index in [0.717, 1.165) is 22.6 Å². The molecule has 1 aromatic heterocycles. The zero-order valence-corrected chi connectivity index (χ0v) is 14.3. The zero-order valence-electron chi connectivity index (χ0n) is 13.4. The Hall–Kier alpha value is -1.92. The lowest BCUT2D eigenvalue weighted by Gasteiger charge is -2.28. The topological polar surface area (TPSA) is 62.5 Å². The van der Waals surface area contributed by atoms with Crippen molar-refractivity contribution in [3.63, 3.8) is 0 Å². The standard InChI is InChI=1S/C17H22N2O3S/c1-13-12-23-17(22)19(13)10-8-16(21)18(2)15(9-11-20)14-6-4-3-5-7-14/h3-7,12,15,20H,8-11H2,1-2H3. The molecule has 0 aliphatic heterocycles. The van der Waals surface area contributed by atoms with Gasteiger partial charge in [-0.2, -0.15) is 0 Å². The number of aryl methyl sites for hydroxylation is 1. The summed E-state index contributed by atoms with van der Waals surface area (Å²) in [6, 6.07) is 9.52. The first-order chi connectivity index (χ1) is 11.0. The lowest BCUT2D eigenvalue weighted by molar-refractivity contribution is -0.132. The first kappa shape index (κ1) is 17.4. The van der Waals surface area contributed by atoms with E-state index in [4.69, 9.17) is 0 Å². The largest absolute Gasteiger partial charge is 0.396 e. The summed E-state index contributed by atoms with van der Waals surface area (Å²) >= 11 is 1.15. The highest BCUT2D eigenvalue weighted by Gasteiger charge is 2.21. The normalized spacial score (nSPS) is 12.1. The fraction of sp³-hybridized carbons (Fsp3) is 0.412. The fourth-order valence-corrected chi connectivity index (χ4v) is 3.37. The molecule has 0 spiro atoms. The van der Waals surface area contributed by atoms with Crippen LogP contribution >= 0.6 is 11.3 Å². The summed E-state index contributed by atoms with van der Waals surface area (Å²) in [6.45, 7) is 2.27. The number of carbonyl (C=O) groups is 1. The van der Waals surface area contributed by atoms with Crippen molar-refractivity contribution >= 4 is 17.2 Å². The third-order valence-electron chi connectivity index (χ3n) is 3.97. The minimum atomic E-state index is -0.158. The monoisotopic (exact) mass is 334 g/mol. The average molecular weight is 334 g/mol. The molecule has 0 bridgehead atoms. The van der Waals surface area contributed by atoms with Crippen LogP contribution in [0, 0.1) is 6.92 Å². The molecule has 0 aliphatic carbocycles. The van der Waals surface area contributed by atoms with Crippen LogP contribution in [-0.4, -0.2) is 34.1 Å². The van der Waals surface area contributed by atoms with Gasteiger partial charge in [0, 0.05) is 37.7 Å². The van der Waals surface area contributed by atoms with Crippen molar-refractivity contribution in [1.82, 2.24) is 9.47 Å². The molecule has 1 amide bonds. The highest BCUT2D eigenvalue weighted by atomic mass is 32.1. The lowest BCUT2D eigenvalue weighted by atomic mass is 10.0. The Kier molecular flexibility index (Phi) is 6.12. The molecule has 2 rings (SSSR count). The molecule has 1 N–H and O–H groups in total. The van der Waals surface area contributed by atoms with Gasteiger partial charge in [-0.3, -0.25) is 9.59 Å². The van der Waals surface area contributed by atoms with Crippen LogP contribution in [0.1, 0.15) is 30.1 Å². The zero-order chi connectivity index (χ0) is 16.8. The van der Waals surface area contributed by atoms with E-state index in [9.17, 15) is 14.7 Å². The first-order valence-electron chi connectivity index (χ1n) is 7.61. The average Bonchev–Trinajstić information content (AvgIpc) is 2.89. The number of nitrogens with zero attached hydrogens (tertiary/aromatic N) is 2. The van der Waals surface area contributed by atoms with Crippen molar-refractivity contribution in [2.24, 2.45) is 0 Å². The number of hydrogen-bond donors (Lipinski definition) is 1. The number of aromatic nitrogens is 1. The van der Waals surface area contributed by atoms with E-state index in [1.54, 1.807) is 21.9 Å². The molecule has 0 saturated heterocycles. The molecule has 2 aromatic rings. The maximum atomic E-state index is 12.5. The summed E-state index contributed by atoms with van der Waals surface area (Å²) in [6.07, 6.45) is 0.756. The molecular formula is C17H22N2O3S. The highest BCUT2D eigenvalue weighted by Crippen LogP contribution is 2.23. The molecular weight excluding hydrogens is 312 g/mol. The number of thiazole rings is 1. The van der Waals surface area contributed by atoms with Crippen LogP contribution in [0.25, 0.3) is 0 Å². The molecule has 0 fully saturated rings. The molecule has 124 valence electrons. The number of carbonyl (C=O) groups excluding carboxylic acids is 1. The summed E-state index contributed by atoms with van der Waals surface area (Å²) in [5.74, 6) is -0.0372. The van der Waals surface area contributed by atoms with Gasteiger partial charge in [-0.25, -0.2) is 0 Å². The highest BCUT2D eigenvalue weighted by molar-refractivity contribution is 7.07. The number of benzene rings is 1. The van der Waals surface area contributed by atoms with Gasteiger partial charge >= 0.3 is 4.87 Å². The summed E-state index contributed by atoms with van der Waals surface area (Å²) in [7, 11) is 1.75. The van der Waals surface area contributed by atoms with Gasteiger partial charge < -0.3 is 14.6 Å². The second-order valence-electron chi connectivity index (χ2n) is 5.49. The van der Waals surface area contributed by atoms with E-state index in [0.29, 0.717) is 13.0 Å². The van der Waals surface area contributed by atoms with Gasteiger partial charge in [0.1, 0.15) is 0 Å². The quantitative estimate of drug-likeness (QED) is 0.844. The number of rotatable bonds is 7. The van der Waals surface area contributed by atoms with E-state index >= 15 is 0 Å². The van der Waals surface area contributed by atoms with E-state index in [-0.39, 0.29) is 29.8 Å². The number of amides is 1. The molecule has 5 nitrogen and oxygen atoms in total. The van der Waals surface area contributed by atoms with Crippen molar-refractivity contribution in [1.29, 1.82) is 0 Å². The summed E-state index contributed by atoms with van der Waals surface area (Å²) < 4.78 is 1.62. The second-order valence-corrected chi connectivity index (χ2v) is 6.31. The third kappa shape index (κ3) is 4.30. The van der Waals surface area contributed by atoms with Crippen molar-refractivity contribution in [2.45, 2.75) is 32.4 Å². The molecule has 1 aromatic carbocycles. The molecule has 1 unspecified atom stereocenters. The molecule has 0 saturated carbocycles. The van der Waals surface area contributed by atoms with E-state index in [1.165, 1.54) is 0 Å². The number of hydrogen-bond acceptors (Lipinski definition) is 4. The van der Waals surface area contributed by atoms with Crippen molar-refractivity contribution in [3.05, 3.63) is 56.6 Å². The van der Waals surface area contributed by atoms with Crippen LogP contribution in [0.15, 0.2) is 40.5 Å². The van der Waals surface area contributed by atoms with E-state index in [1.807, 2.05) is 37.3 Å². The number of aliphatic hydroxyl groups excluding tert-OH is 1. The Bertz CT molecular complexity index is 693. The molecule has 1 atom stereocenters. The van der Waals surface area contributed by atoms with Crippen LogP contribution in [0.2, 0.25) is 0 Å². The van der Waals surface area contributed by atoms with Crippen LogP contribution in [-0.2, 0) is 11.3 Å². The number of aliphatic hydroxyl groups is 1. The van der Waals surface area contributed by atoms with Crippen molar-refractivity contribution in [3.8, 4) is 0 Å². The Morgan fingerprint density at radius 3 is 2.61 bits per heavy atom. The summed E-state index contributed by atoms with van der Waals surface area (Å²) in [4.78, 5) is 25.8. The van der Waals surface area contributed by atoms with Crippen LogP contribution in [0.3, 0.4) is 0 Å². The van der Waals surface area contributed by atoms with Crippen LogP contribution in [0.5, 0.6) is 0 Å². The minimum absolute atomic E-state index is 0.0142. The fourth-order valence-electron chi connectivity index (χ4n) is 2.61. The van der Waals surface area contributed by atoms with Crippen molar-refractivity contribution < 1.29 is 9.90 Å². The predicted molar refractivity (Wildman–Crippen MR) is 91.6 cm³/mol. The summed E-state index contributed by atoms with van der Waals surface area (Å²) in [5.41, 5.74) is 1.88. The van der Waals surface area contributed by atoms with Crippen molar-refractivity contribution in [2.75, 3.05) is 13.7 Å². The Labute approximate surface area is 139 Å². The molecule has 0 radical (unpaired) electrons. The van der Waals surface area contributed by atoms with Gasteiger partial charge in [0.15, 0.2) is 0 Å². The molecule has 23 heavy (non-hydrogen) atoms. The van der Waals surface area contributed by atoms with Gasteiger partial charge in [-0.1, -0.05) is 41.7 Å². The maximum Gasteiger partial charge on any atom is 0.307 e. The van der Waals surface area contributed by atoms with Crippen LogP contribution < -0.4 is 4.87 Å². The molecule has 6 heteroatoms. The van der Waals surface area contributed by atoms with E-state index < -0.39 is 0 Å². The SMILES string of the molecule is Cc1csc(=O)n1CCC(=O)N(C)C(CCO)c1ccccc1. The maximum absolute atomic E-state index is 12.5. The van der Waals surface area contributed by atoms with Gasteiger partial charge in [0.05, 0.1) is 6.04 Å². The summed E-state index contributed by atoms with van der Waals surface area (Å²) in [5, 5.41) is 11.1. The Morgan fingerprint density at radius 2 is 2.04 bits per heavy atom. The van der Waals surface area contributed by atoms with Crippen LogP contribution in [0.4, 0.5) is 0 Å². The minimum Gasteiger partial charge on any atom is -0.396 e. The van der Waals surface area contributed by atoms with Gasteiger partial charge in [-0.05, 0) is 18.9 Å². The Morgan fingerprint density at radius 1 is 1.35 bits per heavy atom. The van der Waals surface area contributed by atoms with Gasteiger partial charge in [0.25, 0.3) is 0 Å². The van der Waals surface area contributed by atoms with E-state index in [2.05, 4.69) is 0 Å². The third-order valence-corrected chi connectivity index (χ3v) is 4.85. The second kappa shape index (κ2) is 8.08. The first-order valence-corrected chi connectivity index (χ1v) is 8.49. The molecule has 0 aliphatic rings.